The molecule has 128 valence electrons. The van der Waals surface area contributed by atoms with Crippen LogP contribution in [0.1, 0.15) is 5.56 Å². The summed E-state index contributed by atoms with van der Waals surface area (Å²) in [6, 6.07) is 12.0. The van der Waals surface area contributed by atoms with E-state index in [1.54, 1.807) is 30.3 Å². The van der Waals surface area contributed by atoms with Crippen molar-refractivity contribution in [1.82, 2.24) is 5.43 Å². The van der Waals surface area contributed by atoms with Crippen molar-refractivity contribution in [3.63, 3.8) is 0 Å². The summed E-state index contributed by atoms with van der Waals surface area (Å²) in [4.78, 5) is 23.3. The Morgan fingerprint density at radius 3 is 2.40 bits per heavy atom. The summed E-state index contributed by atoms with van der Waals surface area (Å²) in [6.45, 7) is 3.97. The van der Waals surface area contributed by atoms with Crippen molar-refractivity contribution in [2.24, 2.45) is 5.10 Å². The molecular weight excluding hydrogens is 325 g/mol. The topological polar surface area (TPSA) is 79.8 Å². The Morgan fingerprint density at radius 2 is 1.76 bits per heavy atom. The molecule has 25 heavy (non-hydrogen) atoms. The molecule has 2 amide bonds. The van der Waals surface area contributed by atoms with Crippen LogP contribution in [0.3, 0.4) is 0 Å². The third-order valence-corrected chi connectivity index (χ3v) is 2.94. The minimum atomic E-state index is -0.938. The Kier molecular flexibility index (Phi) is 6.41. The molecule has 0 aliphatic heterocycles. The van der Waals surface area contributed by atoms with Gasteiger partial charge in [-0.1, -0.05) is 12.7 Å². The average molecular weight is 341 g/mol. The van der Waals surface area contributed by atoms with Crippen molar-refractivity contribution >= 4 is 23.7 Å². The lowest BCUT2D eigenvalue weighted by molar-refractivity contribution is -0.136. The van der Waals surface area contributed by atoms with E-state index in [4.69, 9.17) is 4.74 Å². The minimum absolute atomic E-state index is 0.306. The number of rotatable bonds is 6. The second-order valence-electron chi connectivity index (χ2n) is 4.83. The van der Waals surface area contributed by atoms with E-state index < -0.39 is 17.6 Å². The molecule has 0 saturated carbocycles. The molecule has 0 heterocycles. The van der Waals surface area contributed by atoms with Gasteiger partial charge in [0.15, 0.2) is 0 Å². The van der Waals surface area contributed by atoms with Gasteiger partial charge in [0.05, 0.1) is 6.21 Å². The van der Waals surface area contributed by atoms with Crippen LogP contribution in [-0.2, 0) is 9.59 Å². The average Bonchev–Trinajstić information content (AvgIpc) is 2.62. The first-order valence-electron chi connectivity index (χ1n) is 7.32. The number of benzene rings is 2. The first kappa shape index (κ1) is 17.9. The zero-order valence-electron chi connectivity index (χ0n) is 13.2. The van der Waals surface area contributed by atoms with Crippen LogP contribution < -0.4 is 15.5 Å². The summed E-state index contributed by atoms with van der Waals surface area (Å²) in [6.07, 6.45) is 3.03. The number of nitrogens with one attached hydrogen (secondary N) is 2. The lowest BCUT2D eigenvalue weighted by Crippen LogP contribution is -2.32. The molecule has 0 aliphatic carbocycles. The highest BCUT2D eigenvalue weighted by Gasteiger charge is 2.12. The molecule has 6 nitrogen and oxygen atoms in total. The normalized spacial score (nSPS) is 10.3. The van der Waals surface area contributed by atoms with Crippen molar-refractivity contribution < 1.29 is 18.7 Å². The van der Waals surface area contributed by atoms with Crippen LogP contribution in [0.5, 0.6) is 5.75 Å². The summed E-state index contributed by atoms with van der Waals surface area (Å²) in [5.41, 5.74) is 3.13. The van der Waals surface area contributed by atoms with E-state index in [0.717, 1.165) is 0 Å². The molecule has 2 aromatic carbocycles. The molecule has 0 fully saturated rings. The molecule has 2 N–H and O–H groups in total. The molecule has 0 atom stereocenters. The van der Waals surface area contributed by atoms with Crippen LogP contribution in [0.15, 0.2) is 66.3 Å². The van der Waals surface area contributed by atoms with E-state index >= 15 is 0 Å². The van der Waals surface area contributed by atoms with E-state index in [-0.39, 0.29) is 0 Å². The van der Waals surface area contributed by atoms with Crippen molar-refractivity contribution in [1.29, 1.82) is 0 Å². The summed E-state index contributed by atoms with van der Waals surface area (Å²) >= 11 is 0. The monoisotopic (exact) mass is 341 g/mol. The molecule has 0 bridgehead atoms. The fraction of sp³-hybridized carbons (Fsp3) is 0.0556. The number of carbonyl (C=O) groups is 2. The van der Waals surface area contributed by atoms with Crippen molar-refractivity contribution in [2.45, 2.75) is 0 Å². The number of ether oxygens (including phenoxy) is 1. The van der Waals surface area contributed by atoms with Crippen LogP contribution in [-0.4, -0.2) is 24.6 Å². The number of hydrazone groups is 1. The quantitative estimate of drug-likeness (QED) is 0.367. The molecule has 2 rings (SSSR count). The van der Waals surface area contributed by atoms with Crippen molar-refractivity contribution in [3.8, 4) is 5.75 Å². The Hall–Kier alpha value is -3.48. The fourth-order valence-corrected chi connectivity index (χ4v) is 1.74. The summed E-state index contributed by atoms with van der Waals surface area (Å²) in [5.74, 6) is -1.60. The molecule has 0 saturated heterocycles. The van der Waals surface area contributed by atoms with Gasteiger partial charge in [0.25, 0.3) is 0 Å². The van der Waals surface area contributed by atoms with E-state index in [9.17, 15) is 14.0 Å². The van der Waals surface area contributed by atoms with E-state index in [2.05, 4.69) is 22.4 Å². The highest BCUT2D eigenvalue weighted by molar-refractivity contribution is 6.39. The maximum Gasteiger partial charge on any atom is 0.329 e. The Balaban J connectivity index is 1.83. The Labute approximate surface area is 144 Å². The number of hydrogen-bond acceptors (Lipinski definition) is 4. The zero-order valence-corrected chi connectivity index (χ0v) is 13.2. The highest BCUT2D eigenvalue weighted by atomic mass is 19.1. The number of carbonyl (C=O) groups excluding carboxylic acids is 2. The van der Waals surface area contributed by atoms with Gasteiger partial charge in [-0.05, 0) is 54.1 Å². The third-order valence-electron chi connectivity index (χ3n) is 2.94. The van der Waals surface area contributed by atoms with E-state index in [0.29, 0.717) is 23.6 Å². The Morgan fingerprint density at radius 1 is 1.08 bits per heavy atom. The van der Waals surface area contributed by atoms with Crippen molar-refractivity contribution in [2.75, 3.05) is 11.9 Å². The lowest BCUT2D eigenvalue weighted by Gasteiger charge is -2.04. The number of anilines is 1. The highest BCUT2D eigenvalue weighted by Crippen LogP contribution is 2.11. The fourth-order valence-electron chi connectivity index (χ4n) is 1.74. The standard InChI is InChI=1S/C18H16FN3O3/c1-2-11-25-16-9-3-13(4-10-16)12-20-22-18(24)17(23)21-15-7-5-14(19)6-8-15/h2-10,12H,1,11H2,(H,21,23)(H,22,24). The third kappa shape index (κ3) is 5.91. The van der Waals surface area contributed by atoms with Crippen LogP contribution in [0, 0.1) is 5.82 Å². The van der Waals surface area contributed by atoms with Crippen LogP contribution >= 0.6 is 0 Å². The van der Waals surface area contributed by atoms with Gasteiger partial charge in [-0.3, -0.25) is 9.59 Å². The summed E-state index contributed by atoms with van der Waals surface area (Å²) in [7, 11) is 0. The van der Waals surface area contributed by atoms with E-state index in [1.165, 1.54) is 30.5 Å². The van der Waals surface area contributed by atoms with Crippen LogP contribution in [0.4, 0.5) is 10.1 Å². The van der Waals surface area contributed by atoms with Gasteiger partial charge in [-0.15, -0.1) is 0 Å². The lowest BCUT2D eigenvalue weighted by atomic mass is 10.2. The van der Waals surface area contributed by atoms with Gasteiger partial charge in [0.2, 0.25) is 0 Å². The molecule has 7 heteroatoms. The smallest absolute Gasteiger partial charge is 0.329 e. The molecular formula is C18H16FN3O3. The second-order valence-corrected chi connectivity index (χ2v) is 4.83. The maximum atomic E-state index is 12.8. The molecule has 0 aromatic heterocycles. The van der Waals surface area contributed by atoms with Gasteiger partial charge in [0, 0.05) is 5.69 Å². The van der Waals surface area contributed by atoms with Gasteiger partial charge < -0.3 is 10.1 Å². The predicted molar refractivity (Wildman–Crippen MR) is 92.9 cm³/mol. The maximum absolute atomic E-state index is 12.8. The first-order chi connectivity index (χ1) is 12.1. The first-order valence-corrected chi connectivity index (χ1v) is 7.32. The van der Waals surface area contributed by atoms with Gasteiger partial charge in [-0.25, -0.2) is 9.82 Å². The minimum Gasteiger partial charge on any atom is -0.490 e. The number of hydrogen-bond donors (Lipinski definition) is 2. The predicted octanol–water partition coefficient (Wildman–Crippen LogP) is 2.48. The molecule has 0 spiro atoms. The van der Waals surface area contributed by atoms with Crippen LogP contribution in [0.2, 0.25) is 0 Å². The Bertz CT molecular complexity index is 771. The zero-order chi connectivity index (χ0) is 18.1. The van der Waals surface area contributed by atoms with Gasteiger partial charge in [-0.2, -0.15) is 5.10 Å². The van der Waals surface area contributed by atoms with Gasteiger partial charge >= 0.3 is 11.8 Å². The summed E-state index contributed by atoms with van der Waals surface area (Å²) in [5, 5.41) is 6.04. The summed E-state index contributed by atoms with van der Waals surface area (Å²) < 4.78 is 18.1. The van der Waals surface area contributed by atoms with Crippen LogP contribution in [0.25, 0.3) is 0 Å². The number of nitrogens with zero attached hydrogens (tertiary/aromatic N) is 1. The number of amides is 2. The second kappa shape index (κ2) is 8.97. The number of halogens is 1. The van der Waals surface area contributed by atoms with Gasteiger partial charge in [0.1, 0.15) is 18.2 Å². The SMILES string of the molecule is C=CCOc1ccc(C=NNC(=O)C(=O)Nc2ccc(F)cc2)cc1. The molecule has 0 radical (unpaired) electrons. The van der Waals surface area contributed by atoms with Crippen molar-refractivity contribution in [3.05, 3.63) is 72.6 Å². The van der Waals surface area contributed by atoms with E-state index in [1.807, 2.05) is 0 Å². The molecule has 0 unspecified atom stereocenters. The largest absolute Gasteiger partial charge is 0.490 e. The molecule has 2 aromatic rings. The molecule has 0 aliphatic rings.